The molecule has 0 unspecified atom stereocenters. The van der Waals surface area contributed by atoms with E-state index < -0.39 is 24.5 Å². The Morgan fingerprint density at radius 3 is 2.90 bits per heavy atom. The van der Waals surface area contributed by atoms with Gasteiger partial charge < -0.3 is 19.9 Å². The van der Waals surface area contributed by atoms with E-state index in [0.29, 0.717) is 5.76 Å². The van der Waals surface area contributed by atoms with Gasteiger partial charge in [-0.2, -0.15) is 4.80 Å². The van der Waals surface area contributed by atoms with E-state index in [1.54, 1.807) is 12.1 Å². The van der Waals surface area contributed by atoms with Crippen molar-refractivity contribution < 1.29 is 24.2 Å². The third-order valence-corrected chi connectivity index (χ3v) is 2.30. The van der Waals surface area contributed by atoms with E-state index in [9.17, 15) is 9.59 Å². The minimum atomic E-state index is -1.37. The third-order valence-electron chi connectivity index (χ3n) is 2.30. The Kier molecular flexibility index (Phi) is 4.05. The molecule has 0 aliphatic rings. The molecule has 10 nitrogen and oxygen atoms in total. The molecule has 20 heavy (non-hydrogen) atoms. The summed E-state index contributed by atoms with van der Waals surface area (Å²) in [5.74, 6) is -1.38. The van der Waals surface area contributed by atoms with Crippen molar-refractivity contribution in [2.24, 2.45) is 0 Å². The predicted octanol–water partition coefficient (Wildman–Crippen LogP) is -1.51. The molecule has 0 aliphatic heterocycles. The quantitative estimate of drug-likeness (QED) is 0.580. The number of nitrogens with one attached hydrogen (secondary N) is 1. The van der Waals surface area contributed by atoms with Crippen LogP contribution in [0, 0.1) is 0 Å². The van der Waals surface area contributed by atoms with Crippen LogP contribution < -0.4 is 5.32 Å². The van der Waals surface area contributed by atoms with Gasteiger partial charge in [-0.15, -0.1) is 10.2 Å². The molecule has 3 N–H and O–H groups in total. The number of carbonyl (C=O) groups excluding carboxylic acids is 1. The van der Waals surface area contributed by atoms with Crippen molar-refractivity contribution in [2.75, 3.05) is 6.61 Å². The van der Waals surface area contributed by atoms with Crippen molar-refractivity contribution >= 4 is 11.9 Å². The number of amides is 1. The van der Waals surface area contributed by atoms with E-state index in [2.05, 4.69) is 20.7 Å². The van der Waals surface area contributed by atoms with Gasteiger partial charge in [-0.3, -0.25) is 4.79 Å². The number of carboxylic acids is 1. The number of tetrazole rings is 1. The second-order valence-electron chi connectivity index (χ2n) is 3.76. The number of carboxylic acid groups (broad SMARTS) is 1. The molecule has 10 heteroatoms. The van der Waals surface area contributed by atoms with E-state index in [1.807, 2.05) is 0 Å². The number of aliphatic hydroxyl groups is 1. The van der Waals surface area contributed by atoms with Crippen LogP contribution in [0.2, 0.25) is 0 Å². The van der Waals surface area contributed by atoms with Gasteiger partial charge in [-0.1, -0.05) is 0 Å². The van der Waals surface area contributed by atoms with Gasteiger partial charge in [0.1, 0.15) is 12.6 Å². The Bertz CT molecular complexity index is 593. The van der Waals surface area contributed by atoms with Crippen LogP contribution in [0.3, 0.4) is 0 Å². The summed E-state index contributed by atoms with van der Waals surface area (Å²) >= 11 is 0. The molecule has 0 saturated heterocycles. The molecular formula is C10H11N5O5. The molecular weight excluding hydrogens is 270 g/mol. The number of furan rings is 1. The van der Waals surface area contributed by atoms with Crippen LogP contribution >= 0.6 is 0 Å². The van der Waals surface area contributed by atoms with Gasteiger partial charge in [0.15, 0.2) is 5.76 Å². The highest BCUT2D eigenvalue weighted by Crippen LogP contribution is 2.12. The second-order valence-corrected chi connectivity index (χ2v) is 3.76. The van der Waals surface area contributed by atoms with Crippen LogP contribution in [0.25, 0.3) is 11.6 Å². The molecule has 0 saturated carbocycles. The van der Waals surface area contributed by atoms with Crippen molar-refractivity contribution in [2.45, 2.75) is 12.6 Å². The Morgan fingerprint density at radius 2 is 2.30 bits per heavy atom. The number of aliphatic carboxylic acids is 1. The average Bonchev–Trinajstić information content (AvgIpc) is 3.05. The summed E-state index contributed by atoms with van der Waals surface area (Å²) in [6, 6.07) is 1.92. The summed E-state index contributed by atoms with van der Waals surface area (Å²) in [7, 11) is 0. The highest BCUT2D eigenvalue weighted by molar-refractivity contribution is 5.83. The molecule has 0 fully saturated rings. The molecule has 0 aliphatic carbocycles. The number of hydrogen-bond acceptors (Lipinski definition) is 7. The molecule has 1 atom stereocenters. The molecule has 0 spiro atoms. The van der Waals surface area contributed by atoms with Gasteiger partial charge in [0.2, 0.25) is 11.7 Å². The number of nitrogens with zero attached hydrogens (tertiary/aromatic N) is 4. The van der Waals surface area contributed by atoms with Gasteiger partial charge in [0.05, 0.1) is 12.9 Å². The Hall–Kier alpha value is -2.75. The SMILES string of the molecule is O=C(Cn1nnc(-c2ccco2)n1)N[C@H](CO)C(=O)O. The highest BCUT2D eigenvalue weighted by atomic mass is 16.4. The van der Waals surface area contributed by atoms with Crippen LogP contribution in [-0.4, -0.2) is 54.9 Å². The van der Waals surface area contributed by atoms with Crippen molar-refractivity contribution in [1.82, 2.24) is 25.5 Å². The van der Waals surface area contributed by atoms with Crippen molar-refractivity contribution in [3.63, 3.8) is 0 Å². The molecule has 1 amide bonds. The van der Waals surface area contributed by atoms with Crippen LogP contribution in [0.1, 0.15) is 0 Å². The zero-order valence-electron chi connectivity index (χ0n) is 10.1. The Morgan fingerprint density at radius 1 is 1.50 bits per heavy atom. The van der Waals surface area contributed by atoms with E-state index in [0.717, 1.165) is 4.80 Å². The first-order valence-corrected chi connectivity index (χ1v) is 5.55. The molecule has 2 heterocycles. The van der Waals surface area contributed by atoms with Gasteiger partial charge in [0, 0.05) is 0 Å². The summed E-state index contributed by atoms with van der Waals surface area (Å²) in [6.45, 7) is -1.03. The fourth-order valence-electron chi connectivity index (χ4n) is 1.37. The normalized spacial score (nSPS) is 12.1. The first kappa shape index (κ1) is 13.7. The lowest BCUT2D eigenvalue weighted by molar-refractivity contribution is -0.143. The fraction of sp³-hybridized carbons (Fsp3) is 0.300. The molecule has 0 aromatic carbocycles. The van der Waals surface area contributed by atoms with Gasteiger partial charge in [0.25, 0.3) is 0 Å². The zero-order chi connectivity index (χ0) is 14.5. The first-order valence-electron chi connectivity index (χ1n) is 5.55. The standard InChI is InChI=1S/C10H11N5O5/c16-5-6(10(18)19)11-8(17)4-15-13-9(12-14-15)7-2-1-3-20-7/h1-3,6,16H,4-5H2,(H,11,17)(H,18,19)/t6-/m1/s1. The monoisotopic (exact) mass is 281 g/mol. The smallest absolute Gasteiger partial charge is 0.328 e. The summed E-state index contributed by atoms with van der Waals surface area (Å²) in [5.41, 5.74) is 0. The summed E-state index contributed by atoms with van der Waals surface area (Å²) in [6.07, 6.45) is 1.45. The van der Waals surface area contributed by atoms with E-state index in [-0.39, 0.29) is 12.4 Å². The molecule has 2 aromatic rings. The van der Waals surface area contributed by atoms with E-state index in [4.69, 9.17) is 14.6 Å². The minimum Gasteiger partial charge on any atom is -0.480 e. The third kappa shape index (κ3) is 3.17. The van der Waals surface area contributed by atoms with Crippen LogP contribution in [0.15, 0.2) is 22.8 Å². The van der Waals surface area contributed by atoms with E-state index >= 15 is 0 Å². The van der Waals surface area contributed by atoms with Crippen LogP contribution in [-0.2, 0) is 16.1 Å². The predicted molar refractivity (Wildman–Crippen MR) is 62.2 cm³/mol. The number of rotatable bonds is 6. The Balaban J connectivity index is 1.97. The molecule has 0 bridgehead atoms. The van der Waals surface area contributed by atoms with Crippen molar-refractivity contribution in [3.05, 3.63) is 18.4 Å². The molecule has 2 aromatic heterocycles. The number of hydrogen-bond donors (Lipinski definition) is 3. The summed E-state index contributed by atoms with van der Waals surface area (Å²) in [4.78, 5) is 23.2. The lowest BCUT2D eigenvalue weighted by Crippen LogP contribution is -2.44. The van der Waals surface area contributed by atoms with E-state index in [1.165, 1.54) is 6.26 Å². The van der Waals surface area contributed by atoms with Gasteiger partial charge >= 0.3 is 5.97 Å². The Labute approximate surface area is 112 Å². The molecule has 2 rings (SSSR count). The van der Waals surface area contributed by atoms with Crippen LogP contribution in [0.5, 0.6) is 0 Å². The highest BCUT2D eigenvalue weighted by Gasteiger charge is 2.19. The van der Waals surface area contributed by atoms with Crippen molar-refractivity contribution in [3.8, 4) is 11.6 Å². The number of aliphatic hydroxyl groups excluding tert-OH is 1. The van der Waals surface area contributed by atoms with Gasteiger partial charge in [-0.25, -0.2) is 4.79 Å². The van der Waals surface area contributed by atoms with Crippen molar-refractivity contribution in [1.29, 1.82) is 0 Å². The zero-order valence-corrected chi connectivity index (χ0v) is 10.1. The number of aromatic nitrogens is 4. The largest absolute Gasteiger partial charge is 0.480 e. The maximum absolute atomic E-state index is 11.5. The first-order chi connectivity index (χ1) is 9.60. The average molecular weight is 281 g/mol. The number of carbonyl (C=O) groups is 2. The molecule has 0 radical (unpaired) electrons. The fourth-order valence-corrected chi connectivity index (χ4v) is 1.37. The summed E-state index contributed by atoms with van der Waals surface area (Å²) < 4.78 is 5.06. The lowest BCUT2D eigenvalue weighted by Gasteiger charge is -2.10. The maximum Gasteiger partial charge on any atom is 0.328 e. The van der Waals surface area contributed by atoms with Gasteiger partial charge in [-0.05, 0) is 17.3 Å². The topological polar surface area (TPSA) is 143 Å². The second kappa shape index (κ2) is 5.93. The molecule has 106 valence electrons. The lowest BCUT2D eigenvalue weighted by atomic mass is 10.3. The van der Waals surface area contributed by atoms with Crippen LogP contribution in [0.4, 0.5) is 0 Å². The summed E-state index contributed by atoms with van der Waals surface area (Å²) in [5, 5.41) is 30.8. The maximum atomic E-state index is 11.5. The minimum absolute atomic E-state index is 0.208.